The maximum atomic E-state index is 12.2. The number of aliphatic hydroxyl groups is 1. The molecule has 12 heavy (non-hydrogen) atoms. The Morgan fingerprint density at radius 1 is 1.42 bits per heavy atom. The van der Waals surface area contributed by atoms with Crippen LogP contribution in [0.4, 0.5) is 13.2 Å². The minimum absolute atomic E-state index is 0.111. The number of rotatable bonds is 1. The first kappa shape index (κ1) is 9.54. The van der Waals surface area contributed by atoms with Crippen molar-refractivity contribution in [2.24, 2.45) is 0 Å². The Labute approximate surface area is 71.5 Å². The predicted molar refractivity (Wildman–Crippen MR) is 39.9 cm³/mol. The zero-order valence-electron chi connectivity index (χ0n) is 6.22. The average Bonchev–Trinajstić information content (AvgIpc) is 2.34. The van der Waals surface area contributed by atoms with Crippen LogP contribution in [-0.2, 0) is 5.60 Å². The summed E-state index contributed by atoms with van der Waals surface area (Å²) in [5.41, 5.74) is -2.84. The van der Waals surface area contributed by atoms with E-state index >= 15 is 0 Å². The fourth-order valence-electron chi connectivity index (χ4n) is 0.705. The van der Waals surface area contributed by atoms with Crippen molar-refractivity contribution in [3.8, 4) is 0 Å². The van der Waals surface area contributed by atoms with Crippen molar-refractivity contribution < 1.29 is 18.3 Å². The van der Waals surface area contributed by atoms with E-state index in [1.54, 1.807) is 0 Å². The van der Waals surface area contributed by atoms with Crippen molar-refractivity contribution >= 4 is 11.3 Å². The second-order valence-corrected chi connectivity index (χ2v) is 3.36. The van der Waals surface area contributed by atoms with Gasteiger partial charge in [0.15, 0.2) is 5.60 Å². The number of hydrogen-bond donors (Lipinski definition) is 1. The summed E-state index contributed by atoms with van der Waals surface area (Å²) in [6.45, 7) is 0.745. The van der Waals surface area contributed by atoms with Crippen LogP contribution in [-0.4, -0.2) is 11.3 Å². The third-order valence-corrected chi connectivity index (χ3v) is 2.32. The van der Waals surface area contributed by atoms with Crippen LogP contribution >= 0.6 is 11.3 Å². The highest BCUT2D eigenvalue weighted by molar-refractivity contribution is 7.08. The smallest absolute Gasteiger partial charge is 0.376 e. The molecule has 1 heterocycles. The summed E-state index contributed by atoms with van der Waals surface area (Å²) in [6, 6.07) is 1.26. The Bertz CT molecular complexity index is 250. The second-order valence-electron chi connectivity index (χ2n) is 2.58. The van der Waals surface area contributed by atoms with Crippen LogP contribution in [0.1, 0.15) is 12.5 Å². The molecule has 1 aromatic rings. The van der Waals surface area contributed by atoms with Crippen molar-refractivity contribution in [1.29, 1.82) is 0 Å². The van der Waals surface area contributed by atoms with Gasteiger partial charge in [0.1, 0.15) is 0 Å². The minimum atomic E-state index is -4.62. The Balaban J connectivity index is 3.02. The van der Waals surface area contributed by atoms with E-state index in [2.05, 4.69) is 0 Å². The van der Waals surface area contributed by atoms with Gasteiger partial charge >= 0.3 is 6.18 Å². The molecular weight excluding hydrogens is 189 g/mol. The largest absolute Gasteiger partial charge is 0.421 e. The molecule has 1 unspecified atom stereocenters. The molecular formula is C7H7F3OS. The van der Waals surface area contributed by atoms with E-state index in [4.69, 9.17) is 5.11 Å². The molecule has 0 fully saturated rings. The van der Waals surface area contributed by atoms with Crippen molar-refractivity contribution in [2.75, 3.05) is 0 Å². The van der Waals surface area contributed by atoms with Gasteiger partial charge in [-0.15, -0.1) is 0 Å². The van der Waals surface area contributed by atoms with Crippen LogP contribution in [0.2, 0.25) is 0 Å². The molecule has 0 aromatic carbocycles. The lowest BCUT2D eigenvalue weighted by molar-refractivity contribution is -0.258. The molecule has 0 saturated heterocycles. The molecule has 0 aliphatic heterocycles. The van der Waals surface area contributed by atoms with Crippen molar-refractivity contribution in [1.82, 2.24) is 0 Å². The summed E-state index contributed by atoms with van der Waals surface area (Å²) in [5, 5.41) is 11.9. The first-order chi connectivity index (χ1) is 5.36. The van der Waals surface area contributed by atoms with Gasteiger partial charge in [-0.05, 0) is 23.8 Å². The number of hydrogen-bond acceptors (Lipinski definition) is 2. The molecule has 0 aliphatic carbocycles. The number of alkyl halides is 3. The quantitative estimate of drug-likeness (QED) is 0.731. The molecule has 0 aliphatic rings. The molecule has 1 atom stereocenters. The Morgan fingerprint density at radius 2 is 2.00 bits per heavy atom. The molecule has 1 nitrogen and oxygen atoms in total. The lowest BCUT2D eigenvalue weighted by Crippen LogP contribution is -2.38. The van der Waals surface area contributed by atoms with Crippen LogP contribution in [0, 0.1) is 0 Å². The molecule has 1 aromatic heterocycles. The average molecular weight is 196 g/mol. The third-order valence-electron chi connectivity index (χ3n) is 1.64. The molecule has 1 rings (SSSR count). The molecule has 68 valence electrons. The molecule has 0 bridgehead atoms. The highest BCUT2D eigenvalue weighted by Crippen LogP contribution is 2.38. The molecule has 0 spiro atoms. The second kappa shape index (κ2) is 2.74. The van der Waals surface area contributed by atoms with Crippen LogP contribution in [0.25, 0.3) is 0 Å². The van der Waals surface area contributed by atoms with Crippen LogP contribution < -0.4 is 0 Å². The Morgan fingerprint density at radius 3 is 2.33 bits per heavy atom. The number of halogens is 3. The van der Waals surface area contributed by atoms with E-state index < -0.39 is 11.8 Å². The van der Waals surface area contributed by atoms with Crippen LogP contribution in [0.5, 0.6) is 0 Å². The topological polar surface area (TPSA) is 20.2 Å². The summed E-state index contributed by atoms with van der Waals surface area (Å²) < 4.78 is 36.5. The fraction of sp³-hybridized carbons (Fsp3) is 0.429. The van der Waals surface area contributed by atoms with Gasteiger partial charge in [-0.25, -0.2) is 0 Å². The summed E-state index contributed by atoms with van der Waals surface area (Å²) in [4.78, 5) is 0. The van der Waals surface area contributed by atoms with Gasteiger partial charge in [-0.2, -0.15) is 24.5 Å². The Kier molecular flexibility index (Phi) is 2.18. The van der Waals surface area contributed by atoms with E-state index in [0.717, 1.165) is 18.3 Å². The number of thiophene rings is 1. The van der Waals surface area contributed by atoms with Gasteiger partial charge in [0.25, 0.3) is 0 Å². The van der Waals surface area contributed by atoms with Crippen molar-refractivity contribution in [3.05, 3.63) is 22.4 Å². The summed E-state index contributed by atoms with van der Waals surface area (Å²) in [7, 11) is 0. The first-order valence-corrected chi connectivity index (χ1v) is 4.12. The SMILES string of the molecule is CC(O)(c1ccsc1)C(F)(F)F. The lowest BCUT2D eigenvalue weighted by Gasteiger charge is -2.25. The van der Waals surface area contributed by atoms with Gasteiger partial charge in [0.2, 0.25) is 0 Å². The molecule has 1 N–H and O–H groups in total. The van der Waals surface area contributed by atoms with E-state index in [0.29, 0.717) is 0 Å². The van der Waals surface area contributed by atoms with Gasteiger partial charge in [-0.3, -0.25) is 0 Å². The molecule has 0 amide bonds. The fourth-order valence-corrected chi connectivity index (χ4v) is 1.46. The van der Waals surface area contributed by atoms with Gasteiger partial charge in [0.05, 0.1) is 0 Å². The minimum Gasteiger partial charge on any atom is -0.376 e. The first-order valence-electron chi connectivity index (χ1n) is 3.17. The molecule has 0 saturated carbocycles. The highest BCUT2D eigenvalue weighted by Gasteiger charge is 2.51. The standard InChI is InChI=1S/C7H7F3OS/c1-6(11,7(8,9)10)5-2-3-12-4-5/h2-4,11H,1H3. The monoisotopic (exact) mass is 196 g/mol. The lowest BCUT2D eigenvalue weighted by atomic mass is 9.99. The summed E-state index contributed by atoms with van der Waals surface area (Å²) in [6.07, 6.45) is -4.62. The molecule has 0 radical (unpaired) electrons. The van der Waals surface area contributed by atoms with Gasteiger partial charge in [-0.1, -0.05) is 0 Å². The van der Waals surface area contributed by atoms with E-state index in [9.17, 15) is 13.2 Å². The van der Waals surface area contributed by atoms with Crippen molar-refractivity contribution in [3.63, 3.8) is 0 Å². The summed E-state index contributed by atoms with van der Waals surface area (Å²) in [5.74, 6) is 0. The maximum Gasteiger partial charge on any atom is 0.421 e. The maximum absolute atomic E-state index is 12.2. The van der Waals surface area contributed by atoms with Crippen LogP contribution in [0.3, 0.4) is 0 Å². The van der Waals surface area contributed by atoms with Crippen molar-refractivity contribution in [2.45, 2.75) is 18.7 Å². The highest BCUT2D eigenvalue weighted by atomic mass is 32.1. The van der Waals surface area contributed by atoms with Crippen LogP contribution in [0.15, 0.2) is 16.8 Å². The normalized spacial score (nSPS) is 17.4. The van der Waals surface area contributed by atoms with E-state index in [-0.39, 0.29) is 5.56 Å². The zero-order valence-corrected chi connectivity index (χ0v) is 7.04. The van der Waals surface area contributed by atoms with Gasteiger partial charge in [0, 0.05) is 5.56 Å². The Hall–Kier alpha value is -0.550. The summed E-state index contributed by atoms with van der Waals surface area (Å²) >= 11 is 1.12. The predicted octanol–water partition coefficient (Wildman–Crippen LogP) is 2.52. The van der Waals surface area contributed by atoms with Gasteiger partial charge < -0.3 is 5.11 Å². The van der Waals surface area contributed by atoms with E-state index in [1.807, 2.05) is 0 Å². The molecule has 5 heteroatoms. The van der Waals surface area contributed by atoms with E-state index in [1.165, 1.54) is 16.8 Å². The third kappa shape index (κ3) is 1.47. The zero-order chi connectivity index (χ0) is 9.41.